The molecule has 2 heterocycles. The van der Waals surface area contributed by atoms with Gasteiger partial charge in [0.25, 0.3) is 0 Å². The quantitative estimate of drug-likeness (QED) is 0.780. The van der Waals surface area contributed by atoms with E-state index in [1.54, 1.807) is 24.5 Å². The van der Waals surface area contributed by atoms with Gasteiger partial charge in [-0.25, -0.2) is 9.97 Å². The van der Waals surface area contributed by atoms with Crippen LogP contribution in [0.4, 0.5) is 0 Å². The minimum absolute atomic E-state index is 0.0906. The Morgan fingerprint density at radius 3 is 2.57 bits per heavy atom. The van der Waals surface area contributed by atoms with Crippen molar-refractivity contribution in [1.29, 1.82) is 0 Å². The second kappa shape index (κ2) is 3.59. The summed E-state index contributed by atoms with van der Waals surface area (Å²) in [6, 6.07) is 3.52. The first kappa shape index (κ1) is 8.90. The highest BCUT2D eigenvalue weighted by atomic mass is 16.4. The fraction of sp³-hybridized carbons (Fsp3) is 0.200. The van der Waals surface area contributed by atoms with Crippen LogP contribution in [0.1, 0.15) is 11.6 Å². The molecule has 0 amide bonds. The van der Waals surface area contributed by atoms with Crippen LogP contribution in [0.3, 0.4) is 0 Å². The Morgan fingerprint density at radius 1 is 1.29 bits per heavy atom. The third-order valence-corrected chi connectivity index (χ3v) is 1.88. The van der Waals surface area contributed by atoms with Gasteiger partial charge in [-0.15, -0.1) is 0 Å². The minimum Gasteiger partial charge on any atom is -0.459 e. The first-order valence-corrected chi connectivity index (χ1v) is 4.28. The van der Waals surface area contributed by atoms with Gasteiger partial charge in [0.15, 0.2) is 0 Å². The predicted octanol–water partition coefficient (Wildman–Crippen LogP) is 1.54. The number of nitrogens with zero attached hydrogens (tertiary/aromatic N) is 2. The van der Waals surface area contributed by atoms with E-state index in [0.717, 1.165) is 11.4 Å². The van der Waals surface area contributed by atoms with Crippen LogP contribution in [-0.2, 0) is 6.61 Å². The van der Waals surface area contributed by atoms with Crippen LogP contribution >= 0.6 is 0 Å². The van der Waals surface area contributed by atoms with Gasteiger partial charge in [0.1, 0.15) is 24.0 Å². The average molecular weight is 190 g/mol. The molecular weight excluding hydrogens is 180 g/mol. The zero-order chi connectivity index (χ0) is 9.97. The fourth-order valence-corrected chi connectivity index (χ4v) is 1.14. The molecule has 1 N–H and O–H groups in total. The second-order valence-corrected chi connectivity index (χ2v) is 2.94. The number of furan rings is 1. The monoisotopic (exact) mass is 190 g/mol. The van der Waals surface area contributed by atoms with Gasteiger partial charge in [-0.1, -0.05) is 0 Å². The molecule has 4 heteroatoms. The van der Waals surface area contributed by atoms with E-state index in [2.05, 4.69) is 9.97 Å². The summed E-state index contributed by atoms with van der Waals surface area (Å²) in [4.78, 5) is 8.11. The third kappa shape index (κ3) is 1.65. The van der Waals surface area contributed by atoms with E-state index in [9.17, 15) is 0 Å². The Morgan fingerprint density at radius 2 is 2.00 bits per heavy atom. The maximum Gasteiger partial charge on any atom is 0.137 e. The smallest absolute Gasteiger partial charge is 0.137 e. The highest BCUT2D eigenvalue weighted by Crippen LogP contribution is 2.20. The Bertz CT molecular complexity index is 420. The Kier molecular flexibility index (Phi) is 2.28. The van der Waals surface area contributed by atoms with Gasteiger partial charge in [0.2, 0.25) is 0 Å². The molecule has 4 nitrogen and oxygen atoms in total. The molecule has 0 aromatic carbocycles. The highest BCUT2D eigenvalue weighted by Gasteiger charge is 2.04. The van der Waals surface area contributed by atoms with Gasteiger partial charge < -0.3 is 9.52 Å². The van der Waals surface area contributed by atoms with Gasteiger partial charge in [0, 0.05) is 12.4 Å². The van der Waals surface area contributed by atoms with Crippen molar-refractivity contribution in [3.05, 3.63) is 36.1 Å². The molecule has 0 bridgehead atoms. The zero-order valence-electron chi connectivity index (χ0n) is 7.77. The van der Waals surface area contributed by atoms with Crippen molar-refractivity contribution in [3.8, 4) is 11.3 Å². The minimum atomic E-state index is -0.0906. The summed E-state index contributed by atoms with van der Waals surface area (Å²) in [6.45, 7) is 1.73. The standard InChI is InChI=1S/C10H10N2O2/c1-7-11-4-8(5-12-7)10-3-2-9(6-13)14-10/h2-5,13H,6H2,1H3. The van der Waals surface area contributed by atoms with E-state index in [4.69, 9.17) is 9.52 Å². The van der Waals surface area contributed by atoms with E-state index < -0.39 is 0 Å². The van der Waals surface area contributed by atoms with Gasteiger partial charge in [0.05, 0.1) is 5.56 Å². The van der Waals surface area contributed by atoms with Crippen molar-refractivity contribution in [2.24, 2.45) is 0 Å². The molecule has 0 aliphatic rings. The van der Waals surface area contributed by atoms with Gasteiger partial charge in [-0.2, -0.15) is 0 Å². The van der Waals surface area contributed by atoms with Gasteiger partial charge >= 0.3 is 0 Å². The lowest BCUT2D eigenvalue weighted by Crippen LogP contribution is -1.86. The second-order valence-electron chi connectivity index (χ2n) is 2.94. The Hall–Kier alpha value is -1.68. The molecule has 0 saturated carbocycles. The summed E-state index contributed by atoms with van der Waals surface area (Å²) in [6.07, 6.45) is 3.39. The summed E-state index contributed by atoms with van der Waals surface area (Å²) < 4.78 is 5.33. The van der Waals surface area contributed by atoms with Crippen LogP contribution in [0.2, 0.25) is 0 Å². The first-order valence-electron chi connectivity index (χ1n) is 4.28. The third-order valence-electron chi connectivity index (χ3n) is 1.88. The van der Waals surface area contributed by atoms with E-state index in [1.165, 1.54) is 0 Å². The fourth-order valence-electron chi connectivity index (χ4n) is 1.14. The molecule has 2 aromatic rings. The number of aromatic nitrogens is 2. The molecule has 2 rings (SSSR count). The van der Waals surface area contributed by atoms with Crippen molar-refractivity contribution in [3.63, 3.8) is 0 Å². The van der Waals surface area contributed by atoms with Crippen LogP contribution < -0.4 is 0 Å². The van der Waals surface area contributed by atoms with Crippen LogP contribution in [-0.4, -0.2) is 15.1 Å². The van der Waals surface area contributed by atoms with Crippen LogP contribution in [0.15, 0.2) is 28.9 Å². The van der Waals surface area contributed by atoms with E-state index in [-0.39, 0.29) is 6.61 Å². The summed E-state index contributed by atoms with van der Waals surface area (Å²) in [5, 5.41) is 8.82. The van der Waals surface area contributed by atoms with Crippen molar-refractivity contribution in [2.45, 2.75) is 13.5 Å². The Balaban J connectivity index is 2.34. The van der Waals surface area contributed by atoms with Crippen molar-refractivity contribution in [1.82, 2.24) is 9.97 Å². The van der Waals surface area contributed by atoms with Gasteiger partial charge in [-0.05, 0) is 19.1 Å². The molecule has 0 aliphatic carbocycles. The molecule has 0 unspecified atom stereocenters. The average Bonchev–Trinajstić information content (AvgIpc) is 2.67. The van der Waals surface area contributed by atoms with Crippen molar-refractivity contribution >= 4 is 0 Å². The van der Waals surface area contributed by atoms with E-state index in [1.807, 2.05) is 6.92 Å². The maximum atomic E-state index is 8.82. The SMILES string of the molecule is Cc1ncc(-c2ccc(CO)o2)cn1. The number of aliphatic hydroxyl groups is 1. The lowest BCUT2D eigenvalue weighted by molar-refractivity contribution is 0.248. The summed E-state index contributed by atoms with van der Waals surface area (Å²) in [7, 11) is 0. The van der Waals surface area contributed by atoms with Crippen LogP contribution in [0.5, 0.6) is 0 Å². The Labute approximate surface area is 81.2 Å². The molecule has 0 atom stereocenters. The first-order chi connectivity index (χ1) is 6.79. The molecule has 14 heavy (non-hydrogen) atoms. The predicted molar refractivity (Wildman–Crippen MR) is 50.4 cm³/mol. The number of rotatable bonds is 2. The number of aryl methyl sites for hydroxylation is 1. The molecule has 72 valence electrons. The zero-order valence-corrected chi connectivity index (χ0v) is 7.77. The normalized spacial score (nSPS) is 10.4. The lowest BCUT2D eigenvalue weighted by Gasteiger charge is -1.95. The molecular formula is C10H10N2O2. The lowest BCUT2D eigenvalue weighted by atomic mass is 10.3. The number of aliphatic hydroxyl groups excluding tert-OH is 1. The molecule has 0 spiro atoms. The highest BCUT2D eigenvalue weighted by molar-refractivity contribution is 5.54. The van der Waals surface area contributed by atoms with Crippen LogP contribution in [0, 0.1) is 6.92 Å². The molecule has 0 aliphatic heterocycles. The van der Waals surface area contributed by atoms with Crippen LogP contribution in [0.25, 0.3) is 11.3 Å². The van der Waals surface area contributed by atoms with E-state index in [0.29, 0.717) is 11.5 Å². The number of hydrogen-bond acceptors (Lipinski definition) is 4. The van der Waals surface area contributed by atoms with E-state index >= 15 is 0 Å². The maximum absolute atomic E-state index is 8.82. The summed E-state index contributed by atoms with van der Waals surface area (Å²) in [5.74, 6) is 1.94. The topological polar surface area (TPSA) is 59.2 Å². The van der Waals surface area contributed by atoms with Crippen molar-refractivity contribution in [2.75, 3.05) is 0 Å². The largest absolute Gasteiger partial charge is 0.459 e. The molecule has 2 aromatic heterocycles. The van der Waals surface area contributed by atoms with Gasteiger partial charge in [-0.3, -0.25) is 0 Å². The molecule has 0 fully saturated rings. The molecule has 0 radical (unpaired) electrons. The summed E-state index contributed by atoms with van der Waals surface area (Å²) in [5.41, 5.74) is 0.815. The number of hydrogen-bond donors (Lipinski definition) is 1. The molecule has 0 saturated heterocycles. The summed E-state index contributed by atoms with van der Waals surface area (Å²) >= 11 is 0. The van der Waals surface area contributed by atoms with Crippen molar-refractivity contribution < 1.29 is 9.52 Å².